The van der Waals surface area contributed by atoms with E-state index in [4.69, 9.17) is 11.6 Å². The molecule has 11 heteroatoms. The van der Waals surface area contributed by atoms with Crippen LogP contribution in [0.25, 0.3) is 5.65 Å². The normalized spacial score (nSPS) is 25.2. The highest BCUT2D eigenvalue weighted by atomic mass is 35.5. The van der Waals surface area contributed by atoms with E-state index in [2.05, 4.69) is 9.71 Å². The largest absolute Gasteiger partial charge is 0.480 e. The van der Waals surface area contributed by atoms with Crippen molar-refractivity contribution in [2.45, 2.75) is 31.5 Å². The third kappa shape index (κ3) is 3.32. The second kappa shape index (κ2) is 7.46. The SMILES string of the molecule is C[C@@H]1[C@H](c2ccccc2)[C@]1(NS(=O)(=O)N1Cc2nc3cc(Cl)ccn3c2C1)C(=O)O.Cl. The lowest BCUT2D eigenvalue weighted by Gasteiger charge is -2.21. The Morgan fingerprint density at radius 3 is 2.65 bits per heavy atom. The molecule has 2 N–H and O–H groups in total. The van der Waals surface area contributed by atoms with Crippen molar-refractivity contribution in [1.82, 2.24) is 18.4 Å². The van der Waals surface area contributed by atoms with Crippen LogP contribution in [0.5, 0.6) is 0 Å². The number of nitrogens with zero attached hydrogens (tertiary/aromatic N) is 3. The Hall–Kier alpha value is -2.17. The smallest absolute Gasteiger partial charge is 0.325 e. The lowest BCUT2D eigenvalue weighted by molar-refractivity contribution is -0.140. The van der Waals surface area contributed by atoms with Crippen molar-refractivity contribution >= 4 is 45.8 Å². The van der Waals surface area contributed by atoms with Crippen molar-refractivity contribution in [3.05, 3.63) is 70.6 Å². The van der Waals surface area contributed by atoms with Crippen molar-refractivity contribution in [2.75, 3.05) is 0 Å². The average molecular weight is 483 g/mol. The van der Waals surface area contributed by atoms with Crippen LogP contribution in [0.4, 0.5) is 0 Å². The molecule has 0 bridgehead atoms. The molecule has 5 rings (SSSR count). The molecule has 3 heterocycles. The highest BCUT2D eigenvalue weighted by Gasteiger charge is 2.70. The standard InChI is InChI=1S/C20H19ClN4O4S.ClH/c1-12-18(13-5-3-2-4-6-13)20(12,19(26)27)23-30(28,29)24-10-15-16(11-24)25-8-7-14(21)9-17(25)22-15;/h2-9,12,18,23H,10-11H2,1H3,(H,26,27);1H/t12-,18-,20+;/m1./s1. The molecule has 1 aliphatic carbocycles. The van der Waals surface area contributed by atoms with Gasteiger partial charge in [-0.25, -0.2) is 4.98 Å². The molecule has 2 aromatic heterocycles. The van der Waals surface area contributed by atoms with Gasteiger partial charge in [-0.15, -0.1) is 12.4 Å². The number of carboxylic acid groups (broad SMARTS) is 1. The van der Waals surface area contributed by atoms with E-state index in [1.807, 2.05) is 30.3 Å². The van der Waals surface area contributed by atoms with Crippen LogP contribution in [0.15, 0.2) is 48.7 Å². The van der Waals surface area contributed by atoms with Crippen molar-refractivity contribution < 1.29 is 18.3 Å². The number of carbonyl (C=O) groups is 1. The van der Waals surface area contributed by atoms with Crippen LogP contribution in [0.1, 0.15) is 29.8 Å². The Morgan fingerprint density at radius 1 is 1.26 bits per heavy atom. The van der Waals surface area contributed by atoms with Crippen LogP contribution in [-0.2, 0) is 28.1 Å². The second-order valence-electron chi connectivity index (χ2n) is 7.80. The van der Waals surface area contributed by atoms with Crippen LogP contribution < -0.4 is 4.72 Å². The summed E-state index contributed by atoms with van der Waals surface area (Å²) < 4.78 is 31.9. The predicted octanol–water partition coefficient (Wildman–Crippen LogP) is 2.82. The fraction of sp³-hybridized carbons (Fsp3) is 0.300. The Kier molecular flexibility index (Phi) is 5.30. The van der Waals surface area contributed by atoms with Crippen LogP contribution in [0, 0.1) is 5.92 Å². The molecule has 1 aromatic carbocycles. The fourth-order valence-electron chi connectivity index (χ4n) is 4.55. The van der Waals surface area contributed by atoms with E-state index in [1.54, 1.807) is 29.7 Å². The first kappa shape index (κ1) is 22.0. The third-order valence-corrected chi connectivity index (χ3v) is 7.94. The zero-order valence-electron chi connectivity index (χ0n) is 16.4. The second-order valence-corrected chi connectivity index (χ2v) is 9.91. The summed E-state index contributed by atoms with van der Waals surface area (Å²) in [7, 11) is -4.07. The maximum atomic E-state index is 13.2. The topological polar surface area (TPSA) is 104 Å². The van der Waals surface area contributed by atoms with Crippen LogP contribution in [0.3, 0.4) is 0 Å². The zero-order valence-corrected chi connectivity index (χ0v) is 18.8. The van der Waals surface area contributed by atoms with E-state index < -0.39 is 27.6 Å². The van der Waals surface area contributed by atoms with Crippen molar-refractivity contribution in [2.24, 2.45) is 5.92 Å². The summed E-state index contributed by atoms with van der Waals surface area (Å²) in [5, 5.41) is 10.5. The maximum absolute atomic E-state index is 13.2. The molecule has 31 heavy (non-hydrogen) atoms. The predicted molar refractivity (Wildman–Crippen MR) is 117 cm³/mol. The number of pyridine rings is 1. The molecule has 0 saturated heterocycles. The molecule has 0 amide bonds. The summed E-state index contributed by atoms with van der Waals surface area (Å²) in [4.78, 5) is 16.6. The Balaban J connectivity index is 0.00000231. The van der Waals surface area contributed by atoms with Gasteiger partial charge in [0.15, 0.2) is 0 Å². The maximum Gasteiger partial charge on any atom is 0.325 e. The number of benzene rings is 1. The molecule has 3 aromatic rings. The lowest BCUT2D eigenvalue weighted by Crippen LogP contribution is -2.50. The van der Waals surface area contributed by atoms with E-state index in [0.29, 0.717) is 16.4 Å². The first-order valence-corrected chi connectivity index (χ1v) is 11.3. The Labute approximate surface area is 190 Å². The average Bonchev–Trinajstić information content (AvgIpc) is 2.99. The summed E-state index contributed by atoms with van der Waals surface area (Å²) in [5.41, 5.74) is 1.27. The number of hydrogen-bond donors (Lipinski definition) is 2. The number of halogens is 2. The first-order chi connectivity index (χ1) is 14.2. The minimum absolute atomic E-state index is 0. The van der Waals surface area contributed by atoms with Gasteiger partial charge in [0, 0.05) is 23.2 Å². The molecule has 2 aliphatic rings. The number of imidazole rings is 1. The number of carboxylic acids is 1. The lowest BCUT2D eigenvalue weighted by atomic mass is 10.1. The van der Waals surface area contributed by atoms with Gasteiger partial charge in [-0.3, -0.25) is 4.79 Å². The molecule has 1 saturated carbocycles. The van der Waals surface area contributed by atoms with E-state index >= 15 is 0 Å². The van der Waals surface area contributed by atoms with E-state index in [9.17, 15) is 18.3 Å². The summed E-state index contributed by atoms with van der Waals surface area (Å²) in [6.07, 6.45) is 1.75. The van der Waals surface area contributed by atoms with Gasteiger partial charge in [0.2, 0.25) is 0 Å². The molecule has 3 atom stereocenters. The van der Waals surface area contributed by atoms with Gasteiger partial charge >= 0.3 is 5.97 Å². The molecule has 0 unspecified atom stereocenters. The molecular formula is C20H20Cl2N4O4S. The summed E-state index contributed by atoms with van der Waals surface area (Å²) in [5.74, 6) is -1.99. The molecule has 8 nitrogen and oxygen atoms in total. The molecule has 1 fully saturated rings. The first-order valence-electron chi connectivity index (χ1n) is 9.47. The Bertz CT molecular complexity index is 1280. The van der Waals surface area contributed by atoms with Crippen LogP contribution >= 0.6 is 24.0 Å². The number of aliphatic carboxylic acids is 1. The van der Waals surface area contributed by atoms with E-state index in [0.717, 1.165) is 11.3 Å². The van der Waals surface area contributed by atoms with Gasteiger partial charge < -0.3 is 9.51 Å². The van der Waals surface area contributed by atoms with Crippen LogP contribution in [-0.4, -0.2) is 38.7 Å². The van der Waals surface area contributed by atoms with Gasteiger partial charge in [0.05, 0.1) is 24.5 Å². The summed E-state index contributed by atoms with van der Waals surface area (Å²) in [6, 6.07) is 12.5. The number of hydrogen-bond acceptors (Lipinski definition) is 4. The monoisotopic (exact) mass is 482 g/mol. The molecule has 1 aliphatic heterocycles. The van der Waals surface area contributed by atoms with E-state index in [-0.39, 0.29) is 31.4 Å². The fourth-order valence-corrected chi connectivity index (χ4v) is 6.25. The van der Waals surface area contributed by atoms with Gasteiger partial charge in [-0.05, 0) is 17.5 Å². The number of rotatable bonds is 5. The van der Waals surface area contributed by atoms with Gasteiger partial charge in [0.25, 0.3) is 10.2 Å². The summed E-state index contributed by atoms with van der Waals surface area (Å²) in [6.45, 7) is 1.93. The zero-order chi connectivity index (χ0) is 21.3. The molecule has 164 valence electrons. The van der Waals surface area contributed by atoms with Crippen molar-refractivity contribution in [3.63, 3.8) is 0 Å². The number of nitrogens with one attached hydrogen (secondary N) is 1. The minimum atomic E-state index is -4.07. The van der Waals surface area contributed by atoms with Crippen molar-refractivity contribution in [1.29, 1.82) is 0 Å². The highest BCUT2D eigenvalue weighted by Crippen LogP contribution is 2.58. The summed E-state index contributed by atoms with van der Waals surface area (Å²) >= 11 is 6.00. The van der Waals surface area contributed by atoms with Gasteiger partial charge in [-0.1, -0.05) is 48.9 Å². The van der Waals surface area contributed by atoms with Gasteiger partial charge in [-0.2, -0.15) is 17.4 Å². The molecular weight excluding hydrogens is 463 g/mol. The quantitative estimate of drug-likeness (QED) is 0.581. The third-order valence-electron chi connectivity index (χ3n) is 6.17. The minimum Gasteiger partial charge on any atom is -0.480 e. The number of fused-ring (bicyclic) bond motifs is 3. The van der Waals surface area contributed by atoms with Gasteiger partial charge in [0.1, 0.15) is 11.2 Å². The highest BCUT2D eigenvalue weighted by molar-refractivity contribution is 7.87. The van der Waals surface area contributed by atoms with Crippen LogP contribution in [0.2, 0.25) is 5.02 Å². The number of aromatic nitrogens is 2. The molecule has 0 spiro atoms. The molecule has 0 radical (unpaired) electrons. The van der Waals surface area contributed by atoms with E-state index in [1.165, 1.54) is 4.31 Å². The van der Waals surface area contributed by atoms with Crippen molar-refractivity contribution in [3.8, 4) is 0 Å². The Morgan fingerprint density at radius 2 is 1.97 bits per heavy atom.